The number of hydrogen-bond donors (Lipinski definition) is 1. The van der Waals surface area contributed by atoms with E-state index >= 15 is 0 Å². The van der Waals surface area contributed by atoms with Crippen molar-refractivity contribution in [2.45, 2.75) is 40.3 Å². The summed E-state index contributed by atoms with van der Waals surface area (Å²) in [6, 6.07) is 10.2. The molecule has 29 heavy (non-hydrogen) atoms. The van der Waals surface area contributed by atoms with Crippen molar-refractivity contribution in [3.63, 3.8) is 0 Å². The number of aryl methyl sites for hydroxylation is 2. The molecule has 2 aromatic rings. The molecule has 1 unspecified atom stereocenters. The third-order valence-electron chi connectivity index (χ3n) is 4.59. The van der Waals surface area contributed by atoms with E-state index in [0.29, 0.717) is 27.9 Å². The molecule has 2 aromatic carbocycles. The summed E-state index contributed by atoms with van der Waals surface area (Å²) >= 11 is 12.6. The Kier molecular flexibility index (Phi) is 8.35. The minimum absolute atomic E-state index is 0.103. The highest BCUT2D eigenvalue weighted by Gasteiger charge is 2.27. The lowest BCUT2D eigenvalue weighted by molar-refractivity contribution is -0.142. The summed E-state index contributed by atoms with van der Waals surface area (Å²) in [5, 5.41) is 3.62. The molecule has 0 heterocycles. The van der Waals surface area contributed by atoms with Gasteiger partial charge in [-0.1, -0.05) is 47.0 Å². The van der Waals surface area contributed by atoms with Crippen LogP contribution in [-0.2, 0) is 16.1 Å². The van der Waals surface area contributed by atoms with Crippen molar-refractivity contribution in [3.8, 4) is 5.75 Å². The molecule has 1 N–H and O–H groups in total. The van der Waals surface area contributed by atoms with E-state index in [4.69, 9.17) is 27.9 Å². The van der Waals surface area contributed by atoms with Crippen LogP contribution in [0.25, 0.3) is 0 Å². The van der Waals surface area contributed by atoms with Gasteiger partial charge in [-0.2, -0.15) is 0 Å². The highest BCUT2D eigenvalue weighted by atomic mass is 35.5. The normalized spacial score (nSPS) is 11.7. The van der Waals surface area contributed by atoms with Crippen LogP contribution in [0.1, 0.15) is 30.5 Å². The second-order valence-electron chi connectivity index (χ2n) is 6.85. The van der Waals surface area contributed by atoms with E-state index < -0.39 is 6.04 Å². The van der Waals surface area contributed by atoms with Gasteiger partial charge in [-0.3, -0.25) is 9.59 Å². The average molecular weight is 437 g/mol. The second kappa shape index (κ2) is 10.5. The molecule has 2 rings (SSSR count). The topological polar surface area (TPSA) is 58.6 Å². The Morgan fingerprint density at radius 2 is 1.79 bits per heavy atom. The number of amides is 2. The van der Waals surface area contributed by atoms with Crippen LogP contribution in [0.3, 0.4) is 0 Å². The number of rotatable bonds is 8. The molecule has 7 heteroatoms. The molecule has 0 aliphatic heterocycles. The first-order valence-electron chi connectivity index (χ1n) is 9.44. The number of ether oxygens (including phenoxy) is 1. The molecule has 0 bridgehead atoms. The number of benzene rings is 2. The first-order valence-corrected chi connectivity index (χ1v) is 10.2. The van der Waals surface area contributed by atoms with Crippen molar-refractivity contribution in [1.82, 2.24) is 10.2 Å². The van der Waals surface area contributed by atoms with Crippen LogP contribution in [0.4, 0.5) is 0 Å². The van der Waals surface area contributed by atoms with Crippen molar-refractivity contribution in [3.05, 3.63) is 63.1 Å². The zero-order chi connectivity index (χ0) is 21.6. The van der Waals surface area contributed by atoms with Crippen molar-refractivity contribution in [1.29, 1.82) is 0 Å². The molecular formula is C22H26Cl2N2O3. The maximum atomic E-state index is 13.0. The van der Waals surface area contributed by atoms with E-state index in [-0.39, 0.29) is 25.0 Å². The number of hydrogen-bond acceptors (Lipinski definition) is 3. The Labute approximate surface area is 181 Å². The van der Waals surface area contributed by atoms with Crippen LogP contribution in [0, 0.1) is 13.8 Å². The van der Waals surface area contributed by atoms with E-state index in [1.165, 1.54) is 4.90 Å². The average Bonchev–Trinajstić information content (AvgIpc) is 2.66. The van der Waals surface area contributed by atoms with Gasteiger partial charge in [0.2, 0.25) is 5.91 Å². The van der Waals surface area contributed by atoms with Crippen LogP contribution in [0.5, 0.6) is 5.75 Å². The lowest BCUT2D eigenvalue weighted by Crippen LogP contribution is -2.49. The first-order chi connectivity index (χ1) is 13.7. The Hall–Kier alpha value is -2.24. The predicted molar refractivity (Wildman–Crippen MR) is 117 cm³/mol. The summed E-state index contributed by atoms with van der Waals surface area (Å²) in [5.74, 6) is 0.0422. The summed E-state index contributed by atoms with van der Waals surface area (Å²) in [5.41, 5.74) is 2.64. The summed E-state index contributed by atoms with van der Waals surface area (Å²) < 4.78 is 5.73. The highest BCUT2D eigenvalue weighted by Crippen LogP contribution is 2.27. The third-order valence-corrected chi connectivity index (χ3v) is 5.30. The predicted octanol–water partition coefficient (Wildman–Crippen LogP) is 4.54. The largest absolute Gasteiger partial charge is 0.483 e. The Morgan fingerprint density at radius 3 is 2.38 bits per heavy atom. The Balaban J connectivity index is 2.23. The maximum Gasteiger partial charge on any atom is 0.261 e. The van der Waals surface area contributed by atoms with Crippen molar-refractivity contribution in [2.75, 3.05) is 13.2 Å². The van der Waals surface area contributed by atoms with Crippen LogP contribution in [0.15, 0.2) is 36.4 Å². The molecule has 0 saturated heterocycles. The highest BCUT2D eigenvalue weighted by molar-refractivity contribution is 6.36. The molecule has 0 spiro atoms. The SMILES string of the molecule is CCNC(=O)C(C)N(Cc1c(Cl)cccc1Cl)C(=O)COc1ccc(C)cc1C. The van der Waals surface area contributed by atoms with Gasteiger partial charge in [0.1, 0.15) is 11.8 Å². The van der Waals surface area contributed by atoms with E-state index in [2.05, 4.69) is 5.32 Å². The van der Waals surface area contributed by atoms with Gasteiger partial charge in [0, 0.05) is 28.7 Å². The third kappa shape index (κ3) is 6.12. The number of halogens is 2. The number of nitrogens with zero attached hydrogens (tertiary/aromatic N) is 1. The van der Waals surface area contributed by atoms with Crippen LogP contribution < -0.4 is 10.1 Å². The molecule has 156 valence electrons. The van der Waals surface area contributed by atoms with E-state index in [1.807, 2.05) is 39.0 Å². The van der Waals surface area contributed by atoms with Crippen molar-refractivity contribution < 1.29 is 14.3 Å². The van der Waals surface area contributed by atoms with Gasteiger partial charge >= 0.3 is 0 Å². The number of carbonyl (C=O) groups excluding carboxylic acids is 2. The minimum Gasteiger partial charge on any atom is -0.483 e. The Morgan fingerprint density at radius 1 is 1.14 bits per heavy atom. The van der Waals surface area contributed by atoms with Gasteiger partial charge < -0.3 is 15.0 Å². The molecule has 1 atom stereocenters. The van der Waals surface area contributed by atoms with Crippen LogP contribution >= 0.6 is 23.2 Å². The van der Waals surface area contributed by atoms with Gasteiger partial charge in [0.25, 0.3) is 5.91 Å². The summed E-state index contributed by atoms with van der Waals surface area (Å²) in [7, 11) is 0. The minimum atomic E-state index is -0.711. The Bertz CT molecular complexity index is 866. The van der Waals surface area contributed by atoms with E-state index in [0.717, 1.165) is 11.1 Å². The van der Waals surface area contributed by atoms with Crippen LogP contribution in [0.2, 0.25) is 10.0 Å². The fourth-order valence-electron chi connectivity index (χ4n) is 2.94. The molecule has 2 amide bonds. The fourth-order valence-corrected chi connectivity index (χ4v) is 3.46. The smallest absolute Gasteiger partial charge is 0.261 e. The molecule has 0 radical (unpaired) electrons. The lowest BCUT2D eigenvalue weighted by atomic mass is 10.1. The van der Waals surface area contributed by atoms with E-state index in [1.54, 1.807) is 25.1 Å². The lowest BCUT2D eigenvalue weighted by Gasteiger charge is -2.29. The van der Waals surface area contributed by atoms with Gasteiger partial charge in [0.05, 0.1) is 0 Å². The van der Waals surface area contributed by atoms with E-state index in [9.17, 15) is 9.59 Å². The molecule has 0 fully saturated rings. The number of likely N-dealkylation sites (N-methyl/N-ethyl adjacent to an activating group) is 1. The molecule has 0 aromatic heterocycles. The zero-order valence-corrected chi connectivity index (χ0v) is 18.6. The van der Waals surface area contributed by atoms with Gasteiger partial charge in [-0.05, 0) is 51.5 Å². The monoisotopic (exact) mass is 436 g/mol. The molecular weight excluding hydrogens is 411 g/mol. The summed E-state index contributed by atoms with van der Waals surface area (Å²) in [6.45, 7) is 7.78. The quantitative estimate of drug-likeness (QED) is 0.660. The van der Waals surface area contributed by atoms with Gasteiger partial charge in [-0.25, -0.2) is 0 Å². The second-order valence-corrected chi connectivity index (χ2v) is 7.66. The van der Waals surface area contributed by atoms with Crippen molar-refractivity contribution >= 4 is 35.0 Å². The molecule has 0 aliphatic rings. The molecule has 0 saturated carbocycles. The zero-order valence-electron chi connectivity index (χ0n) is 17.1. The standard InChI is InChI=1S/C22H26Cl2N2O3/c1-5-25-22(28)16(4)26(12-17-18(23)7-6-8-19(17)24)21(27)13-29-20-10-9-14(2)11-15(20)3/h6-11,16H,5,12-13H2,1-4H3,(H,25,28). The number of nitrogens with one attached hydrogen (secondary N) is 1. The molecule has 0 aliphatic carbocycles. The van der Waals surface area contributed by atoms with Gasteiger partial charge in [-0.15, -0.1) is 0 Å². The van der Waals surface area contributed by atoms with Crippen LogP contribution in [-0.4, -0.2) is 35.9 Å². The summed E-state index contributed by atoms with van der Waals surface area (Å²) in [4.78, 5) is 26.8. The fraction of sp³-hybridized carbons (Fsp3) is 0.364. The number of carbonyl (C=O) groups is 2. The van der Waals surface area contributed by atoms with Gasteiger partial charge in [0.15, 0.2) is 6.61 Å². The van der Waals surface area contributed by atoms with Crippen molar-refractivity contribution in [2.24, 2.45) is 0 Å². The summed E-state index contributed by atoms with van der Waals surface area (Å²) in [6.07, 6.45) is 0. The maximum absolute atomic E-state index is 13.0. The molecule has 5 nitrogen and oxygen atoms in total. The first kappa shape index (κ1) is 23.0.